The Kier molecular flexibility index (Phi) is 10.5. The molecule has 0 unspecified atom stereocenters. The van der Waals surface area contributed by atoms with Gasteiger partial charge in [-0.3, -0.25) is 19.9 Å². The van der Waals surface area contributed by atoms with E-state index in [1.807, 2.05) is 57.3 Å². The monoisotopic (exact) mass is 643 g/mol. The highest BCUT2D eigenvalue weighted by atomic mass is 19.1. The third kappa shape index (κ3) is 7.18. The van der Waals surface area contributed by atoms with Crippen LogP contribution in [0, 0.1) is 5.82 Å². The minimum atomic E-state index is -0.328. The summed E-state index contributed by atoms with van der Waals surface area (Å²) in [6.45, 7) is 4.53. The summed E-state index contributed by atoms with van der Waals surface area (Å²) in [4.78, 5) is 50.3. The number of pyridine rings is 3. The first-order valence-corrected chi connectivity index (χ1v) is 14.9. The predicted octanol–water partition coefficient (Wildman–Crippen LogP) is 6.18. The molecule has 0 aliphatic heterocycles. The van der Waals surface area contributed by atoms with E-state index in [2.05, 4.69) is 40.8 Å². The van der Waals surface area contributed by atoms with E-state index in [4.69, 9.17) is 14.6 Å². The average Bonchev–Trinajstić information content (AvgIpc) is 3.74. The van der Waals surface area contributed by atoms with Crippen molar-refractivity contribution in [3.8, 4) is 33.8 Å². The molecule has 7 aromatic rings. The first-order chi connectivity index (χ1) is 23.5. The molecule has 48 heavy (non-hydrogen) atoms. The number of carbonyl (C=O) groups is 1. The number of nitrogens with one attached hydrogen (secondary N) is 4. The third-order valence-corrected chi connectivity index (χ3v) is 7.05. The maximum Gasteiger partial charge on any atom is 0.373 e. The van der Waals surface area contributed by atoms with Crippen LogP contribution in [0.25, 0.3) is 55.8 Å². The van der Waals surface area contributed by atoms with Gasteiger partial charge in [0.15, 0.2) is 11.5 Å². The molecule has 0 bridgehead atoms. The van der Waals surface area contributed by atoms with Gasteiger partial charge in [0.25, 0.3) is 5.91 Å². The van der Waals surface area contributed by atoms with Gasteiger partial charge >= 0.3 is 6.15 Å². The first-order valence-electron chi connectivity index (χ1n) is 14.9. The van der Waals surface area contributed by atoms with E-state index in [1.54, 1.807) is 43.1 Å². The summed E-state index contributed by atoms with van der Waals surface area (Å²) < 4.78 is 14.5. The van der Waals surface area contributed by atoms with Gasteiger partial charge in [0.1, 0.15) is 11.5 Å². The standard InChI is InChI=1S/C32H24FN9O.C2H6.CO2/c1-34-12-18-7-20(9-23(33)8-18)26-16-36-17-27-28(26)40-31(39-27)29-25-11-22(14-37-30(25)42-41-29)21-10-24(15-35-13-21)38-32(43)19-5-3-2-4-6-19;1-2;2-1-3/h2-11,13-17,34H,12H2,1H3,(H,38,43)(H,39,40)(H,37,41,42);1-2H3;. The van der Waals surface area contributed by atoms with Gasteiger partial charge in [-0.15, -0.1) is 0 Å². The molecule has 1 amide bonds. The van der Waals surface area contributed by atoms with E-state index < -0.39 is 0 Å². The molecular formula is C35H30FN9O3. The maximum absolute atomic E-state index is 14.5. The second kappa shape index (κ2) is 15.2. The van der Waals surface area contributed by atoms with Gasteiger partial charge in [-0.05, 0) is 60.6 Å². The fraction of sp³-hybridized carbons (Fsp3) is 0.114. The molecule has 0 saturated heterocycles. The van der Waals surface area contributed by atoms with Crippen LogP contribution >= 0.6 is 0 Å². The van der Waals surface area contributed by atoms with Crippen LogP contribution in [0.3, 0.4) is 0 Å². The van der Waals surface area contributed by atoms with Gasteiger partial charge in [-0.2, -0.15) is 14.7 Å². The maximum atomic E-state index is 14.5. The summed E-state index contributed by atoms with van der Waals surface area (Å²) in [5, 5.41) is 14.2. The molecule has 13 heteroatoms. The first kappa shape index (κ1) is 32.9. The fourth-order valence-electron chi connectivity index (χ4n) is 5.07. The zero-order chi connectivity index (χ0) is 34.0. The van der Waals surface area contributed by atoms with E-state index in [0.717, 1.165) is 22.1 Å². The quantitative estimate of drug-likeness (QED) is 0.158. The Balaban J connectivity index is 0.000000855. The molecule has 12 nitrogen and oxygen atoms in total. The van der Waals surface area contributed by atoms with Crippen LogP contribution in [-0.2, 0) is 16.1 Å². The summed E-state index contributed by atoms with van der Waals surface area (Å²) in [6.07, 6.45) is 8.64. The normalized spacial score (nSPS) is 10.4. The molecule has 240 valence electrons. The van der Waals surface area contributed by atoms with Gasteiger partial charge in [0.2, 0.25) is 0 Å². The van der Waals surface area contributed by atoms with Gasteiger partial charge in [0, 0.05) is 47.4 Å². The van der Waals surface area contributed by atoms with Gasteiger partial charge in [-0.25, -0.2) is 14.4 Å². The van der Waals surface area contributed by atoms with Crippen molar-refractivity contribution in [1.82, 2.24) is 40.4 Å². The Morgan fingerprint density at radius 3 is 2.42 bits per heavy atom. The van der Waals surface area contributed by atoms with Crippen molar-refractivity contribution < 1.29 is 18.8 Å². The number of hydrogen-bond donors (Lipinski definition) is 4. The van der Waals surface area contributed by atoms with Crippen LogP contribution in [0.4, 0.5) is 10.1 Å². The Bertz CT molecular complexity index is 2230. The van der Waals surface area contributed by atoms with Crippen LogP contribution in [0.15, 0.2) is 91.6 Å². The molecule has 0 spiro atoms. The molecule has 0 fully saturated rings. The summed E-state index contributed by atoms with van der Waals surface area (Å²) in [7, 11) is 1.82. The number of benzene rings is 2. The minimum Gasteiger partial charge on any atom is -0.335 e. The lowest BCUT2D eigenvalue weighted by atomic mass is 10.0. The van der Waals surface area contributed by atoms with Gasteiger partial charge in [-0.1, -0.05) is 32.0 Å². The molecule has 2 aromatic carbocycles. The van der Waals surface area contributed by atoms with Gasteiger partial charge < -0.3 is 15.6 Å². The molecule has 4 N–H and O–H groups in total. The van der Waals surface area contributed by atoms with Crippen molar-refractivity contribution in [1.29, 1.82) is 0 Å². The highest BCUT2D eigenvalue weighted by Gasteiger charge is 2.18. The van der Waals surface area contributed by atoms with Crippen molar-refractivity contribution >= 4 is 39.8 Å². The van der Waals surface area contributed by atoms with E-state index >= 15 is 0 Å². The average molecular weight is 644 g/mol. The van der Waals surface area contributed by atoms with Crippen molar-refractivity contribution in [2.45, 2.75) is 20.4 Å². The molecule has 5 aromatic heterocycles. The summed E-state index contributed by atoms with van der Waals surface area (Å²) in [6, 6.07) is 17.7. The zero-order valence-electron chi connectivity index (χ0n) is 26.2. The lowest BCUT2D eigenvalue weighted by molar-refractivity contribution is -0.191. The lowest BCUT2D eigenvalue weighted by Gasteiger charge is -2.07. The fourth-order valence-corrected chi connectivity index (χ4v) is 5.07. The zero-order valence-corrected chi connectivity index (χ0v) is 26.2. The Hall–Kier alpha value is -6.43. The van der Waals surface area contributed by atoms with Gasteiger partial charge in [0.05, 0.1) is 34.5 Å². The second-order valence-corrected chi connectivity index (χ2v) is 10.1. The van der Waals surface area contributed by atoms with Crippen LogP contribution in [0.2, 0.25) is 0 Å². The van der Waals surface area contributed by atoms with Crippen LogP contribution in [-0.4, -0.2) is 54.2 Å². The highest BCUT2D eigenvalue weighted by Crippen LogP contribution is 2.33. The van der Waals surface area contributed by atoms with Crippen molar-refractivity contribution in [3.63, 3.8) is 0 Å². The van der Waals surface area contributed by atoms with E-state index in [0.29, 0.717) is 57.1 Å². The summed E-state index contributed by atoms with van der Waals surface area (Å²) >= 11 is 0. The number of anilines is 1. The third-order valence-electron chi connectivity index (χ3n) is 7.05. The number of imidazole rings is 1. The van der Waals surface area contributed by atoms with E-state index in [1.165, 1.54) is 12.1 Å². The Morgan fingerprint density at radius 1 is 0.896 bits per heavy atom. The molecule has 0 radical (unpaired) electrons. The van der Waals surface area contributed by atoms with Crippen molar-refractivity contribution in [2.24, 2.45) is 0 Å². The topological polar surface area (TPSA) is 171 Å². The number of amides is 1. The van der Waals surface area contributed by atoms with Crippen LogP contribution in [0.1, 0.15) is 29.8 Å². The number of halogens is 1. The number of hydrogen-bond acceptors (Lipinski definition) is 9. The van der Waals surface area contributed by atoms with Crippen molar-refractivity contribution in [3.05, 3.63) is 109 Å². The highest BCUT2D eigenvalue weighted by molar-refractivity contribution is 6.04. The number of carbonyl (C=O) groups excluding carboxylic acids is 3. The Labute approximate surface area is 273 Å². The summed E-state index contributed by atoms with van der Waals surface area (Å²) in [5.41, 5.74) is 7.38. The molecule has 5 heterocycles. The number of aromatic amines is 2. The molecule has 0 atom stereocenters. The number of rotatable bonds is 7. The van der Waals surface area contributed by atoms with E-state index in [9.17, 15) is 9.18 Å². The number of aromatic nitrogens is 7. The van der Waals surface area contributed by atoms with Crippen LogP contribution < -0.4 is 10.6 Å². The second-order valence-electron chi connectivity index (χ2n) is 10.1. The number of fused-ring (bicyclic) bond motifs is 2. The molecule has 7 rings (SSSR count). The Morgan fingerprint density at radius 2 is 1.65 bits per heavy atom. The smallest absolute Gasteiger partial charge is 0.335 e. The lowest BCUT2D eigenvalue weighted by Crippen LogP contribution is -2.11. The number of H-pyrrole nitrogens is 2. The molecular weight excluding hydrogens is 613 g/mol. The van der Waals surface area contributed by atoms with E-state index in [-0.39, 0.29) is 17.9 Å². The largest absolute Gasteiger partial charge is 0.373 e. The minimum absolute atomic E-state index is 0.222. The van der Waals surface area contributed by atoms with Crippen molar-refractivity contribution in [2.75, 3.05) is 12.4 Å². The number of nitrogens with zero attached hydrogens (tertiary/aromatic N) is 5. The molecule has 0 aliphatic rings. The predicted molar refractivity (Wildman–Crippen MR) is 179 cm³/mol. The molecule has 0 aliphatic carbocycles. The van der Waals surface area contributed by atoms with Crippen LogP contribution in [0.5, 0.6) is 0 Å². The molecule has 0 saturated carbocycles. The summed E-state index contributed by atoms with van der Waals surface area (Å²) in [5.74, 6) is -0.0330. The SMILES string of the molecule is CC.CNCc1cc(F)cc(-c2cncc3[nH]c(-c4n[nH]c5ncc(-c6cncc(NC(=O)c7ccccc7)c6)cc45)nc23)c1.O=C=O.